The average Bonchev–Trinajstić information content (AvgIpc) is 2.69. The van der Waals surface area contributed by atoms with Gasteiger partial charge >= 0.3 is 6.18 Å². The van der Waals surface area contributed by atoms with Crippen LogP contribution in [0.25, 0.3) is 5.70 Å². The molecule has 0 N–H and O–H groups in total. The summed E-state index contributed by atoms with van der Waals surface area (Å²) in [6.45, 7) is 1.86. The molecule has 11 nitrogen and oxygen atoms in total. The smallest absolute Gasteiger partial charge is 0.416 e. The van der Waals surface area contributed by atoms with Crippen LogP contribution in [0.2, 0.25) is 0 Å². The zero-order valence-corrected chi connectivity index (χ0v) is 17.1. The van der Waals surface area contributed by atoms with Gasteiger partial charge in [-0.2, -0.15) is 13.2 Å². The minimum Gasteiger partial charge on any atom is -0.483 e. The van der Waals surface area contributed by atoms with Crippen molar-refractivity contribution in [3.63, 3.8) is 0 Å². The van der Waals surface area contributed by atoms with Crippen LogP contribution < -0.4 is 10.3 Å². The predicted molar refractivity (Wildman–Crippen MR) is 104 cm³/mol. The second kappa shape index (κ2) is 8.44. The Bertz CT molecular complexity index is 1200. The molecule has 1 aromatic carbocycles. The molecular formula is C19H16F3N3O8. The Labute approximate surface area is 182 Å². The molecule has 1 aliphatic heterocycles. The van der Waals surface area contributed by atoms with Gasteiger partial charge in [0.25, 0.3) is 15.7 Å². The third-order valence-corrected chi connectivity index (χ3v) is 4.58. The van der Waals surface area contributed by atoms with Gasteiger partial charge in [0.2, 0.25) is 0 Å². The first-order valence-corrected chi connectivity index (χ1v) is 9.20. The molecule has 33 heavy (non-hydrogen) atoms. The van der Waals surface area contributed by atoms with Crippen LogP contribution in [0.3, 0.4) is 0 Å². The highest BCUT2D eigenvalue weighted by Crippen LogP contribution is 2.40. The molecule has 2 aromatic rings. The van der Waals surface area contributed by atoms with Crippen molar-refractivity contribution >= 4 is 5.70 Å². The van der Waals surface area contributed by atoms with Crippen molar-refractivity contribution in [1.29, 1.82) is 0 Å². The van der Waals surface area contributed by atoms with Gasteiger partial charge in [0.05, 0.1) is 11.3 Å². The van der Waals surface area contributed by atoms with Crippen molar-refractivity contribution in [2.75, 3.05) is 0 Å². The Kier molecular flexibility index (Phi) is 6.03. The zero-order valence-electron chi connectivity index (χ0n) is 17.1. The molecule has 0 saturated carbocycles. The molecule has 0 amide bonds. The predicted octanol–water partition coefficient (Wildman–Crippen LogP) is 3.34. The van der Waals surface area contributed by atoms with Gasteiger partial charge in [-0.15, -0.1) is 20.2 Å². The minimum absolute atomic E-state index is 0.0214. The lowest BCUT2D eigenvalue weighted by molar-refractivity contribution is -0.764. The summed E-state index contributed by atoms with van der Waals surface area (Å²) in [7, 11) is 0. The quantitative estimate of drug-likeness (QED) is 0.443. The average molecular weight is 471 g/mol. The largest absolute Gasteiger partial charge is 0.483 e. The van der Waals surface area contributed by atoms with Gasteiger partial charge in [-0.25, -0.2) is 0 Å². The third-order valence-electron chi connectivity index (χ3n) is 4.58. The Balaban J connectivity index is 2.18. The summed E-state index contributed by atoms with van der Waals surface area (Å²) in [5.41, 5.74) is -2.86. The highest BCUT2D eigenvalue weighted by atomic mass is 19.4. The summed E-state index contributed by atoms with van der Waals surface area (Å²) in [6.07, 6.45) is -2.14. The van der Waals surface area contributed by atoms with Gasteiger partial charge in [-0.1, -0.05) is 0 Å². The van der Waals surface area contributed by atoms with Gasteiger partial charge < -0.3 is 14.4 Å². The SMILES string of the molecule is CC1(C)C=C(n2cc(CO[N+](=O)[O-])c(CO[N+](=O)[O-])cc2=O)c2cc(C(F)(F)F)ccc2O1. The molecule has 0 unspecified atom stereocenters. The van der Waals surface area contributed by atoms with Crippen LogP contribution in [0.4, 0.5) is 13.2 Å². The number of ether oxygens (including phenoxy) is 1. The van der Waals surface area contributed by atoms with Gasteiger partial charge in [-0.3, -0.25) is 9.36 Å². The van der Waals surface area contributed by atoms with Crippen LogP contribution in [-0.2, 0) is 29.1 Å². The fourth-order valence-electron chi connectivity index (χ4n) is 3.23. The van der Waals surface area contributed by atoms with Crippen molar-refractivity contribution in [3.8, 4) is 5.75 Å². The number of rotatable bonds is 7. The normalized spacial score (nSPS) is 14.5. The van der Waals surface area contributed by atoms with E-state index in [4.69, 9.17) is 4.74 Å². The van der Waals surface area contributed by atoms with E-state index < -0.39 is 46.3 Å². The summed E-state index contributed by atoms with van der Waals surface area (Å²) in [4.78, 5) is 42.5. The van der Waals surface area contributed by atoms with E-state index in [2.05, 4.69) is 9.68 Å². The molecule has 3 rings (SSSR count). The molecule has 0 aliphatic carbocycles. The van der Waals surface area contributed by atoms with Gasteiger partial charge in [0, 0.05) is 17.8 Å². The number of hydrogen-bond donors (Lipinski definition) is 0. The standard InChI is InChI=1S/C19H16F3N3O8/c1-18(2)7-15(14-6-13(19(20,21)22)3-4-16(14)33-18)23-8-12(10-32-25(29)30)11(5-17(23)26)9-31-24(27)28/h3-8H,9-10H2,1-2H3. The number of hydrogen-bond acceptors (Lipinski definition) is 8. The summed E-state index contributed by atoms with van der Waals surface area (Å²) in [5, 5.41) is 18.9. The minimum atomic E-state index is -4.66. The van der Waals surface area contributed by atoms with E-state index in [1.807, 2.05) is 0 Å². The summed E-state index contributed by atoms with van der Waals surface area (Å²) < 4.78 is 46.5. The highest BCUT2D eigenvalue weighted by molar-refractivity contribution is 5.74. The zero-order chi connectivity index (χ0) is 24.6. The number of fused-ring (bicyclic) bond motifs is 1. The van der Waals surface area contributed by atoms with E-state index >= 15 is 0 Å². The second-order valence-electron chi connectivity index (χ2n) is 7.47. The van der Waals surface area contributed by atoms with E-state index in [1.165, 1.54) is 6.08 Å². The topological polar surface area (TPSA) is 136 Å². The molecule has 0 fully saturated rings. The van der Waals surface area contributed by atoms with Crippen LogP contribution >= 0.6 is 0 Å². The summed E-state index contributed by atoms with van der Waals surface area (Å²) >= 11 is 0. The van der Waals surface area contributed by atoms with Crippen molar-refractivity contribution in [3.05, 3.63) is 89.4 Å². The van der Waals surface area contributed by atoms with Crippen molar-refractivity contribution < 1.29 is 37.8 Å². The Hall–Kier alpha value is -4.10. The number of pyridine rings is 1. The molecule has 0 atom stereocenters. The van der Waals surface area contributed by atoms with Crippen LogP contribution in [0, 0.1) is 20.2 Å². The van der Waals surface area contributed by atoms with Crippen molar-refractivity contribution in [2.24, 2.45) is 0 Å². The fourth-order valence-corrected chi connectivity index (χ4v) is 3.23. The van der Waals surface area contributed by atoms with Gasteiger partial charge in [0.15, 0.2) is 0 Å². The molecule has 0 saturated heterocycles. The third kappa shape index (κ3) is 5.39. The maximum absolute atomic E-state index is 13.3. The van der Waals surface area contributed by atoms with E-state index in [1.54, 1.807) is 13.8 Å². The van der Waals surface area contributed by atoms with E-state index in [0.717, 1.165) is 35.0 Å². The second-order valence-corrected chi connectivity index (χ2v) is 7.47. The molecule has 2 heterocycles. The molecule has 0 bridgehead atoms. The lowest BCUT2D eigenvalue weighted by atomic mass is 9.97. The molecule has 1 aromatic heterocycles. The Morgan fingerprint density at radius 1 is 1.06 bits per heavy atom. The molecular weight excluding hydrogens is 455 g/mol. The monoisotopic (exact) mass is 471 g/mol. The van der Waals surface area contributed by atoms with E-state index in [-0.39, 0.29) is 28.1 Å². The first kappa shape index (κ1) is 23.6. The number of alkyl halides is 3. The molecule has 1 aliphatic rings. The summed E-state index contributed by atoms with van der Waals surface area (Å²) in [5.74, 6) is 0.0845. The summed E-state index contributed by atoms with van der Waals surface area (Å²) in [6, 6.07) is 3.72. The fraction of sp³-hybridized carbons (Fsp3) is 0.316. The number of benzene rings is 1. The molecule has 176 valence electrons. The molecule has 14 heteroatoms. The number of aromatic nitrogens is 1. The maximum Gasteiger partial charge on any atom is 0.416 e. The Morgan fingerprint density at radius 2 is 1.67 bits per heavy atom. The molecule has 0 spiro atoms. The lowest BCUT2D eigenvalue weighted by Crippen LogP contribution is -2.32. The van der Waals surface area contributed by atoms with E-state index in [0.29, 0.717) is 0 Å². The van der Waals surface area contributed by atoms with E-state index in [9.17, 15) is 38.2 Å². The Morgan fingerprint density at radius 3 is 2.24 bits per heavy atom. The van der Waals surface area contributed by atoms with Crippen molar-refractivity contribution in [1.82, 2.24) is 4.57 Å². The molecule has 0 radical (unpaired) electrons. The highest BCUT2D eigenvalue weighted by Gasteiger charge is 2.34. The maximum atomic E-state index is 13.3. The first-order valence-electron chi connectivity index (χ1n) is 9.20. The van der Waals surface area contributed by atoms with Crippen molar-refractivity contribution in [2.45, 2.75) is 38.8 Å². The van der Waals surface area contributed by atoms with Gasteiger partial charge in [0.1, 0.15) is 24.6 Å². The van der Waals surface area contributed by atoms with Crippen LogP contribution in [-0.4, -0.2) is 20.3 Å². The first-order chi connectivity index (χ1) is 15.3. The number of nitrogens with zero attached hydrogens (tertiary/aromatic N) is 3. The van der Waals surface area contributed by atoms with Crippen LogP contribution in [0.15, 0.2) is 41.3 Å². The lowest BCUT2D eigenvalue weighted by Gasteiger charge is -2.32. The van der Waals surface area contributed by atoms with Crippen LogP contribution in [0.1, 0.15) is 36.1 Å². The van der Waals surface area contributed by atoms with Gasteiger partial charge in [-0.05, 0) is 49.2 Å². The van der Waals surface area contributed by atoms with Crippen LogP contribution in [0.5, 0.6) is 5.75 Å². The number of halogens is 3.